The molecule has 0 atom stereocenters. The minimum absolute atomic E-state index is 0.679. The van der Waals surface area contributed by atoms with E-state index in [1.54, 1.807) is 0 Å². The van der Waals surface area contributed by atoms with Gasteiger partial charge in [-0.25, -0.2) is 0 Å². The molecule has 0 aliphatic heterocycles. The molecule has 2 N–H and O–H groups in total. The topological polar surface area (TPSA) is 35.2 Å². The van der Waals surface area contributed by atoms with Gasteiger partial charge in [0.2, 0.25) is 0 Å². The summed E-state index contributed by atoms with van der Waals surface area (Å²) in [5.41, 5.74) is 4.26. The van der Waals surface area contributed by atoms with E-state index in [9.17, 15) is 0 Å². The highest BCUT2D eigenvalue weighted by atomic mass is 16.6. The summed E-state index contributed by atoms with van der Waals surface area (Å²) in [7, 11) is 0. The largest absolute Gasteiger partial charge is 0.412 e. The third-order valence-corrected chi connectivity index (χ3v) is 4.76. The van der Waals surface area contributed by atoms with Gasteiger partial charge in [-0.15, -0.1) is 0 Å². The first-order valence-electron chi connectivity index (χ1n) is 7.79. The lowest BCUT2D eigenvalue weighted by atomic mass is 9.76. The molecule has 1 aliphatic rings. The molecule has 0 unspecified atom stereocenters. The Morgan fingerprint density at radius 3 is 1.62 bits per heavy atom. The zero-order chi connectivity index (χ0) is 14.7. The number of nitrogens with two attached hydrogens (primary N) is 1. The monoisotopic (exact) mass is 281 g/mol. The van der Waals surface area contributed by atoms with Crippen LogP contribution in [0.1, 0.15) is 54.2 Å². The van der Waals surface area contributed by atoms with Crippen LogP contribution in [0.25, 0.3) is 0 Å². The van der Waals surface area contributed by atoms with Gasteiger partial charge in [-0.2, -0.15) is 5.90 Å². The molecular formula is C19H23NO. The molecule has 0 bridgehead atoms. The maximum Gasteiger partial charge on any atom is 0.146 e. The summed E-state index contributed by atoms with van der Waals surface area (Å²) in [6.45, 7) is 2.15. The molecule has 110 valence electrons. The van der Waals surface area contributed by atoms with Gasteiger partial charge in [0.1, 0.15) is 5.75 Å². The molecule has 0 heterocycles. The summed E-state index contributed by atoms with van der Waals surface area (Å²) in [6.07, 6.45) is 5.09. The molecule has 3 rings (SSSR count). The minimum atomic E-state index is 0.679. The van der Waals surface area contributed by atoms with Gasteiger partial charge in [-0.05, 0) is 67.7 Å². The summed E-state index contributed by atoms with van der Waals surface area (Å²) < 4.78 is 0. The Hall–Kier alpha value is -1.80. The van der Waals surface area contributed by atoms with Crippen molar-refractivity contribution < 1.29 is 4.84 Å². The van der Waals surface area contributed by atoms with Crippen molar-refractivity contribution >= 4 is 0 Å². The van der Waals surface area contributed by atoms with E-state index in [-0.39, 0.29) is 0 Å². The molecule has 2 aromatic rings. The fourth-order valence-electron chi connectivity index (χ4n) is 3.42. The molecular weight excluding hydrogens is 258 g/mol. The molecule has 0 amide bonds. The van der Waals surface area contributed by atoms with Crippen LogP contribution < -0.4 is 10.7 Å². The van der Waals surface area contributed by atoms with Crippen LogP contribution in [-0.2, 0) is 0 Å². The quantitative estimate of drug-likeness (QED) is 0.828. The molecule has 21 heavy (non-hydrogen) atoms. The zero-order valence-electron chi connectivity index (χ0n) is 12.6. The highest BCUT2D eigenvalue weighted by Crippen LogP contribution is 2.40. The molecule has 0 radical (unpaired) electrons. The normalized spacial score (nSPS) is 22.0. The van der Waals surface area contributed by atoms with E-state index in [4.69, 9.17) is 10.7 Å². The van der Waals surface area contributed by atoms with E-state index < -0.39 is 0 Å². The van der Waals surface area contributed by atoms with Crippen LogP contribution in [0.2, 0.25) is 0 Å². The Bertz CT molecular complexity index is 566. The average Bonchev–Trinajstić information content (AvgIpc) is 2.56. The number of hydrogen-bond acceptors (Lipinski definition) is 2. The van der Waals surface area contributed by atoms with Crippen molar-refractivity contribution in [2.75, 3.05) is 0 Å². The number of hydrogen-bond donors (Lipinski definition) is 1. The number of rotatable bonds is 3. The first kappa shape index (κ1) is 14.2. The first-order chi connectivity index (χ1) is 10.3. The van der Waals surface area contributed by atoms with Crippen LogP contribution in [-0.4, -0.2) is 0 Å². The summed E-state index contributed by atoms with van der Waals surface area (Å²) in [4.78, 5) is 4.74. The Kier molecular flexibility index (Phi) is 4.26. The maximum atomic E-state index is 5.17. The number of aryl methyl sites for hydroxylation is 1. The third-order valence-electron chi connectivity index (χ3n) is 4.76. The van der Waals surface area contributed by atoms with Gasteiger partial charge < -0.3 is 4.84 Å². The van der Waals surface area contributed by atoms with Crippen LogP contribution in [0, 0.1) is 6.92 Å². The molecule has 0 spiro atoms. The first-order valence-corrected chi connectivity index (χ1v) is 7.79. The van der Waals surface area contributed by atoms with E-state index in [1.807, 2.05) is 12.1 Å². The lowest BCUT2D eigenvalue weighted by molar-refractivity contribution is 0.334. The maximum absolute atomic E-state index is 5.17. The average molecular weight is 281 g/mol. The van der Waals surface area contributed by atoms with Crippen molar-refractivity contribution in [2.24, 2.45) is 5.90 Å². The fraction of sp³-hybridized carbons (Fsp3) is 0.368. The van der Waals surface area contributed by atoms with Crippen molar-refractivity contribution in [3.05, 3.63) is 65.2 Å². The third kappa shape index (κ3) is 3.27. The van der Waals surface area contributed by atoms with Crippen molar-refractivity contribution in [3.8, 4) is 5.75 Å². The van der Waals surface area contributed by atoms with Gasteiger partial charge in [-0.1, -0.05) is 42.0 Å². The van der Waals surface area contributed by atoms with Crippen LogP contribution in [0.3, 0.4) is 0 Å². The van der Waals surface area contributed by atoms with Gasteiger partial charge in [0.15, 0.2) is 0 Å². The molecule has 2 heteroatoms. The smallest absolute Gasteiger partial charge is 0.146 e. The Labute approximate surface area is 126 Å². The van der Waals surface area contributed by atoms with Gasteiger partial charge in [-0.3, -0.25) is 0 Å². The van der Waals surface area contributed by atoms with E-state index in [0.29, 0.717) is 5.92 Å². The summed E-state index contributed by atoms with van der Waals surface area (Å²) in [6, 6.07) is 17.3. The van der Waals surface area contributed by atoms with Gasteiger partial charge >= 0.3 is 0 Å². The molecule has 1 aliphatic carbocycles. The molecule has 0 saturated heterocycles. The van der Waals surface area contributed by atoms with Crippen LogP contribution >= 0.6 is 0 Å². The predicted octanol–water partition coefficient (Wildman–Crippen LogP) is 4.69. The van der Waals surface area contributed by atoms with Crippen molar-refractivity contribution in [1.82, 2.24) is 0 Å². The van der Waals surface area contributed by atoms with Crippen LogP contribution in [0.5, 0.6) is 5.75 Å². The second-order valence-electron chi connectivity index (χ2n) is 6.15. The van der Waals surface area contributed by atoms with Gasteiger partial charge in [0.05, 0.1) is 0 Å². The Balaban J connectivity index is 1.62. The predicted molar refractivity (Wildman–Crippen MR) is 86.4 cm³/mol. The van der Waals surface area contributed by atoms with E-state index in [1.165, 1.54) is 42.4 Å². The summed E-state index contributed by atoms with van der Waals surface area (Å²) in [5, 5.41) is 0. The Morgan fingerprint density at radius 2 is 1.19 bits per heavy atom. The van der Waals surface area contributed by atoms with E-state index in [0.717, 1.165) is 11.7 Å². The molecule has 1 saturated carbocycles. The Morgan fingerprint density at radius 1 is 0.762 bits per heavy atom. The highest BCUT2D eigenvalue weighted by Gasteiger charge is 2.23. The number of benzene rings is 2. The molecule has 2 aromatic carbocycles. The van der Waals surface area contributed by atoms with Crippen molar-refractivity contribution in [3.63, 3.8) is 0 Å². The molecule has 0 aromatic heterocycles. The van der Waals surface area contributed by atoms with Crippen molar-refractivity contribution in [1.29, 1.82) is 0 Å². The lowest BCUT2D eigenvalue weighted by Crippen LogP contribution is -2.12. The van der Waals surface area contributed by atoms with Crippen LogP contribution in [0.4, 0.5) is 0 Å². The second kappa shape index (κ2) is 6.31. The SMILES string of the molecule is Cc1ccc(C2CCC(c3ccc(ON)cc3)CC2)cc1. The summed E-state index contributed by atoms with van der Waals surface area (Å²) in [5.74, 6) is 7.31. The standard InChI is InChI=1S/C19H23NO/c1-14-2-4-15(5-3-14)16-6-8-17(9-7-16)18-10-12-19(21-20)13-11-18/h2-5,10-13,16-17H,6-9,20H2,1H3. The molecule has 1 fully saturated rings. The summed E-state index contributed by atoms with van der Waals surface area (Å²) >= 11 is 0. The van der Waals surface area contributed by atoms with Gasteiger partial charge in [0, 0.05) is 0 Å². The lowest BCUT2D eigenvalue weighted by Gasteiger charge is -2.29. The van der Waals surface area contributed by atoms with E-state index in [2.05, 4.69) is 43.3 Å². The van der Waals surface area contributed by atoms with Crippen molar-refractivity contribution in [2.45, 2.75) is 44.4 Å². The fourth-order valence-corrected chi connectivity index (χ4v) is 3.42. The minimum Gasteiger partial charge on any atom is -0.412 e. The van der Waals surface area contributed by atoms with E-state index >= 15 is 0 Å². The van der Waals surface area contributed by atoms with Crippen LogP contribution in [0.15, 0.2) is 48.5 Å². The molecule has 2 nitrogen and oxygen atoms in total. The highest BCUT2D eigenvalue weighted by molar-refractivity contribution is 5.30. The second-order valence-corrected chi connectivity index (χ2v) is 6.15. The van der Waals surface area contributed by atoms with Gasteiger partial charge in [0.25, 0.3) is 0 Å². The zero-order valence-corrected chi connectivity index (χ0v) is 12.6.